The molecule has 2 atom stereocenters. The number of carbonyl (C=O) groups excluding carboxylic acids is 1. The third kappa shape index (κ3) is 3.21. The average Bonchev–Trinajstić information content (AvgIpc) is 2.39. The van der Waals surface area contributed by atoms with Crippen LogP contribution in [0.2, 0.25) is 5.15 Å². The Bertz CT molecular complexity index is 424. The fraction of sp³-hybridized carbons (Fsp3) is 0.538. The van der Waals surface area contributed by atoms with Crippen LogP contribution in [0.4, 0.5) is 0 Å². The van der Waals surface area contributed by atoms with Gasteiger partial charge in [0, 0.05) is 19.7 Å². The summed E-state index contributed by atoms with van der Waals surface area (Å²) in [7, 11) is 1.69. The van der Waals surface area contributed by atoms with Gasteiger partial charge in [-0.25, -0.2) is 9.78 Å². The van der Waals surface area contributed by atoms with Crippen LogP contribution in [-0.4, -0.2) is 30.3 Å². The quantitative estimate of drug-likeness (QED) is 0.625. The highest BCUT2D eigenvalue weighted by atomic mass is 35.5. The second kappa shape index (κ2) is 6.16. The van der Waals surface area contributed by atoms with Crippen LogP contribution in [0.1, 0.15) is 36.0 Å². The van der Waals surface area contributed by atoms with E-state index in [-0.39, 0.29) is 17.4 Å². The Hall–Kier alpha value is -1.13. The zero-order chi connectivity index (χ0) is 13.0. The molecule has 1 fully saturated rings. The molecule has 0 aromatic carbocycles. The van der Waals surface area contributed by atoms with Crippen LogP contribution in [0.15, 0.2) is 18.3 Å². The van der Waals surface area contributed by atoms with Crippen LogP contribution in [0, 0.1) is 0 Å². The van der Waals surface area contributed by atoms with Crippen molar-refractivity contribution in [2.45, 2.75) is 37.9 Å². The normalized spacial score (nSPS) is 23.7. The SMILES string of the molecule is COC1CCCC(OC(=O)c2cccnc2Cl)C1. The molecule has 2 rings (SSSR count). The first-order chi connectivity index (χ1) is 8.70. The molecule has 0 amide bonds. The minimum atomic E-state index is -0.408. The Morgan fingerprint density at radius 2 is 2.22 bits per heavy atom. The maximum Gasteiger partial charge on any atom is 0.341 e. The summed E-state index contributed by atoms with van der Waals surface area (Å²) in [5, 5.41) is 0.182. The van der Waals surface area contributed by atoms with Gasteiger partial charge >= 0.3 is 5.97 Å². The van der Waals surface area contributed by atoms with Crippen molar-refractivity contribution >= 4 is 17.6 Å². The van der Waals surface area contributed by atoms with E-state index in [0.29, 0.717) is 5.56 Å². The van der Waals surface area contributed by atoms with Crippen molar-refractivity contribution in [3.8, 4) is 0 Å². The van der Waals surface area contributed by atoms with Gasteiger partial charge in [-0.15, -0.1) is 0 Å². The van der Waals surface area contributed by atoms with E-state index in [4.69, 9.17) is 21.1 Å². The van der Waals surface area contributed by atoms with Crippen molar-refractivity contribution in [3.05, 3.63) is 29.0 Å². The van der Waals surface area contributed by atoms with Crippen molar-refractivity contribution in [2.24, 2.45) is 0 Å². The maximum absolute atomic E-state index is 11.9. The van der Waals surface area contributed by atoms with Gasteiger partial charge in [0.15, 0.2) is 0 Å². The van der Waals surface area contributed by atoms with E-state index in [1.807, 2.05) is 0 Å². The molecular formula is C13H16ClNO3. The lowest BCUT2D eigenvalue weighted by molar-refractivity contribution is -0.0149. The molecule has 4 nitrogen and oxygen atoms in total. The molecular weight excluding hydrogens is 254 g/mol. The molecule has 0 bridgehead atoms. The lowest BCUT2D eigenvalue weighted by atomic mass is 9.95. The number of hydrogen-bond acceptors (Lipinski definition) is 4. The molecule has 0 radical (unpaired) electrons. The topological polar surface area (TPSA) is 48.4 Å². The molecule has 1 aliphatic carbocycles. The minimum Gasteiger partial charge on any atom is -0.459 e. The third-order valence-corrected chi connectivity index (χ3v) is 3.47. The number of ether oxygens (including phenoxy) is 2. The molecule has 0 spiro atoms. The van der Waals surface area contributed by atoms with Crippen LogP contribution < -0.4 is 0 Å². The molecule has 98 valence electrons. The summed E-state index contributed by atoms with van der Waals surface area (Å²) in [6, 6.07) is 3.29. The van der Waals surface area contributed by atoms with Crippen LogP contribution in [0.25, 0.3) is 0 Å². The minimum absolute atomic E-state index is 0.0903. The zero-order valence-electron chi connectivity index (χ0n) is 10.3. The Balaban J connectivity index is 1.97. The standard InChI is InChI=1S/C13H16ClNO3/c1-17-9-4-2-5-10(8-9)18-13(16)11-6-3-7-15-12(11)14/h3,6-7,9-10H,2,4-5,8H2,1H3. The molecule has 5 heteroatoms. The number of aromatic nitrogens is 1. The highest BCUT2D eigenvalue weighted by Gasteiger charge is 2.25. The Labute approximate surface area is 111 Å². The number of nitrogens with zero attached hydrogens (tertiary/aromatic N) is 1. The maximum atomic E-state index is 11.9. The molecule has 1 aromatic heterocycles. The van der Waals surface area contributed by atoms with Gasteiger partial charge in [0.2, 0.25) is 0 Å². The predicted molar refractivity (Wildman–Crippen MR) is 67.7 cm³/mol. The van der Waals surface area contributed by atoms with Crippen LogP contribution in [-0.2, 0) is 9.47 Å². The molecule has 1 aromatic rings. The van der Waals surface area contributed by atoms with Gasteiger partial charge in [0.25, 0.3) is 0 Å². The van der Waals surface area contributed by atoms with E-state index in [1.54, 1.807) is 25.4 Å². The van der Waals surface area contributed by atoms with Crippen molar-refractivity contribution in [2.75, 3.05) is 7.11 Å². The molecule has 0 N–H and O–H groups in total. The van der Waals surface area contributed by atoms with Crippen molar-refractivity contribution in [1.82, 2.24) is 4.98 Å². The van der Waals surface area contributed by atoms with E-state index in [2.05, 4.69) is 4.98 Å². The predicted octanol–water partition coefficient (Wildman–Crippen LogP) is 2.85. The zero-order valence-corrected chi connectivity index (χ0v) is 11.0. The van der Waals surface area contributed by atoms with E-state index < -0.39 is 5.97 Å². The summed E-state index contributed by atoms with van der Waals surface area (Å²) in [5.74, 6) is -0.408. The second-order valence-corrected chi connectivity index (χ2v) is 4.75. The first-order valence-corrected chi connectivity index (χ1v) is 6.42. The van der Waals surface area contributed by atoms with E-state index in [9.17, 15) is 4.79 Å². The Morgan fingerprint density at radius 1 is 1.44 bits per heavy atom. The average molecular weight is 270 g/mol. The first-order valence-electron chi connectivity index (χ1n) is 6.05. The van der Waals surface area contributed by atoms with Gasteiger partial charge in [-0.05, 0) is 31.4 Å². The summed E-state index contributed by atoms with van der Waals surface area (Å²) >= 11 is 5.86. The number of carbonyl (C=O) groups is 1. The molecule has 0 aliphatic heterocycles. The fourth-order valence-corrected chi connectivity index (χ4v) is 2.37. The summed E-state index contributed by atoms with van der Waals surface area (Å²) < 4.78 is 10.7. The van der Waals surface area contributed by atoms with Crippen molar-refractivity contribution in [1.29, 1.82) is 0 Å². The number of methoxy groups -OCH3 is 1. The van der Waals surface area contributed by atoms with Gasteiger partial charge in [-0.3, -0.25) is 0 Å². The highest BCUT2D eigenvalue weighted by Crippen LogP contribution is 2.24. The van der Waals surface area contributed by atoms with E-state index in [1.165, 1.54) is 0 Å². The van der Waals surface area contributed by atoms with Crippen molar-refractivity contribution < 1.29 is 14.3 Å². The first kappa shape index (κ1) is 13.3. The smallest absolute Gasteiger partial charge is 0.341 e. The van der Waals surface area contributed by atoms with E-state index >= 15 is 0 Å². The number of hydrogen-bond donors (Lipinski definition) is 0. The monoisotopic (exact) mass is 269 g/mol. The van der Waals surface area contributed by atoms with E-state index in [0.717, 1.165) is 25.7 Å². The fourth-order valence-electron chi connectivity index (χ4n) is 2.18. The van der Waals surface area contributed by atoms with Gasteiger partial charge in [-0.1, -0.05) is 11.6 Å². The number of esters is 1. The molecule has 1 heterocycles. The van der Waals surface area contributed by atoms with Gasteiger partial charge < -0.3 is 9.47 Å². The Kier molecular flexibility index (Phi) is 4.55. The molecule has 18 heavy (non-hydrogen) atoms. The van der Waals surface area contributed by atoms with Crippen LogP contribution >= 0.6 is 11.6 Å². The Morgan fingerprint density at radius 3 is 2.94 bits per heavy atom. The number of halogens is 1. The molecule has 1 aliphatic rings. The highest BCUT2D eigenvalue weighted by molar-refractivity contribution is 6.32. The largest absolute Gasteiger partial charge is 0.459 e. The number of rotatable bonds is 3. The van der Waals surface area contributed by atoms with Gasteiger partial charge in [-0.2, -0.15) is 0 Å². The van der Waals surface area contributed by atoms with Crippen LogP contribution in [0.5, 0.6) is 0 Å². The summed E-state index contributed by atoms with van der Waals surface area (Å²) in [6.45, 7) is 0. The molecule has 0 saturated heterocycles. The van der Waals surface area contributed by atoms with Gasteiger partial charge in [0.05, 0.1) is 11.7 Å². The lowest BCUT2D eigenvalue weighted by Crippen LogP contribution is -2.29. The summed E-state index contributed by atoms with van der Waals surface area (Å²) in [4.78, 5) is 15.8. The second-order valence-electron chi connectivity index (χ2n) is 4.39. The summed E-state index contributed by atoms with van der Waals surface area (Å²) in [6.07, 6.45) is 5.30. The van der Waals surface area contributed by atoms with Crippen molar-refractivity contribution in [3.63, 3.8) is 0 Å². The van der Waals surface area contributed by atoms with Gasteiger partial charge in [0.1, 0.15) is 11.3 Å². The number of pyridine rings is 1. The van der Waals surface area contributed by atoms with Crippen LogP contribution in [0.3, 0.4) is 0 Å². The third-order valence-electron chi connectivity index (χ3n) is 3.16. The lowest BCUT2D eigenvalue weighted by Gasteiger charge is -2.27. The molecule has 2 unspecified atom stereocenters. The summed E-state index contributed by atoms with van der Waals surface area (Å²) in [5.41, 5.74) is 0.318. The molecule has 1 saturated carbocycles.